The van der Waals surface area contributed by atoms with Crippen molar-refractivity contribution in [2.75, 3.05) is 36.8 Å². The predicted molar refractivity (Wildman–Crippen MR) is 112 cm³/mol. The van der Waals surface area contributed by atoms with Gasteiger partial charge in [-0.3, -0.25) is 15.1 Å². The van der Waals surface area contributed by atoms with E-state index < -0.39 is 33.3 Å². The van der Waals surface area contributed by atoms with Gasteiger partial charge in [0.15, 0.2) is 0 Å². The van der Waals surface area contributed by atoms with Crippen LogP contribution in [0.25, 0.3) is 11.1 Å². The zero-order chi connectivity index (χ0) is 21.4. The van der Waals surface area contributed by atoms with Gasteiger partial charge in [0, 0.05) is 44.3 Å². The van der Waals surface area contributed by atoms with Gasteiger partial charge in [0.1, 0.15) is 5.54 Å². The third-order valence-electron chi connectivity index (χ3n) is 5.45. The van der Waals surface area contributed by atoms with E-state index in [1.54, 1.807) is 6.20 Å². The lowest BCUT2D eigenvalue weighted by molar-refractivity contribution is -0.122. The fourth-order valence-electron chi connectivity index (χ4n) is 3.76. The second-order valence-corrected chi connectivity index (χ2v) is 9.64. The number of sulfonamides is 1. The van der Waals surface area contributed by atoms with E-state index in [1.165, 1.54) is 11.2 Å². The number of imide groups is 1. The number of anilines is 1. The summed E-state index contributed by atoms with van der Waals surface area (Å²) in [6, 6.07) is 11.3. The van der Waals surface area contributed by atoms with Crippen molar-refractivity contribution in [2.45, 2.75) is 12.5 Å². The van der Waals surface area contributed by atoms with Crippen LogP contribution in [0.5, 0.6) is 0 Å². The number of amides is 3. The third-order valence-corrected chi connectivity index (χ3v) is 7.54. The molecule has 1 atom stereocenters. The molecule has 2 aliphatic rings. The Labute approximate surface area is 175 Å². The minimum absolute atomic E-state index is 0.318. The van der Waals surface area contributed by atoms with E-state index in [9.17, 15) is 18.0 Å². The van der Waals surface area contributed by atoms with Gasteiger partial charge >= 0.3 is 6.03 Å². The molecule has 2 aromatic rings. The van der Waals surface area contributed by atoms with Gasteiger partial charge in [-0.1, -0.05) is 18.2 Å². The second kappa shape index (κ2) is 7.69. The van der Waals surface area contributed by atoms with Crippen molar-refractivity contribution in [3.05, 3.63) is 48.8 Å². The molecule has 158 valence electrons. The summed E-state index contributed by atoms with van der Waals surface area (Å²) >= 11 is 0. The first kappa shape index (κ1) is 20.3. The molecular weight excluding hydrogens is 406 g/mol. The Hall–Kier alpha value is -2.98. The van der Waals surface area contributed by atoms with Crippen LogP contribution in [0.15, 0.2) is 48.8 Å². The van der Waals surface area contributed by atoms with Crippen LogP contribution in [0, 0.1) is 0 Å². The molecule has 0 unspecified atom stereocenters. The molecule has 3 heterocycles. The number of rotatable bonds is 5. The lowest BCUT2D eigenvalue weighted by atomic mass is 10.1. The molecule has 1 aromatic heterocycles. The van der Waals surface area contributed by atoms with Gasteiger partial charge in [0.2, 0.25) is 10.0 Å². The van der Waals surface area contributed by atoms with E-state index >= 15 is 0 Å². The van der Waals surface area contributed by atoms with Gasteiger partial charge in [-0.2, -0.15) is 4.31 Å². The minimum atomic E-state index is -3.71. The SMILES string of the molecule is C[C@]1(CS(=O)(=O)N2CCN(c3ccc(-c4cccnc4)cc3)CC2)NC(=O)NC1=O. The molecule has 9 nitrogen and oxygen atoms in total. The normalized spacial score (nSPS) is 22.6. The highest BCUT2D eigenvalue weighted by Gasteiger charge is 2.46. The Morgan fingerprint density at radius 1 is 1.03 bits per heavy atom. The van der Waals surface area contributed by atoms with Crippen molar-refractivity contribution in [3.63, 3.8) is 0 Å². The van der Waals surface area contributed by atoms with Crippen LogP contribution in [-0.4, -0.2) is 67.1 Å². The van der Waals surface area contributed by atoms with Crippen LogP contribution in [0.4, 0.5) is 10.5 Å². The number of benzene rings is 1. The van der Waals surface area contributed by atoms with Gasteiger partial charge in [0.05, 0.1) is 5.75 Å². The number of urea groups is 1. The number of hydrogen-bond donors (Lipinski definition) is 2. The van der Waals surface area contributed by atoms with E-state index in [1.807, 2.05) is 42.6 Å². The topological polar surface area (TPSA) is 112 Å². The molecule has 0 saturated carbocycles. The van der Waals surface area contributed by atoms with Crippen LogP contribution < -0.4 is 15.5 Å². The largest absolute Gasteiger partial charge is 0.369 e. The van der Waals surface area contributed by atoms with Crippen molar-refractivity contribution >= 4 is 27.6 Å². The maximum absolute atomic E-state index is 12.8. The fraction of sp³-hybridized carbons (Fsp3) is 0.350. The quantitative estimate of drug-likeness (QED) is 0.680. The molecule has 0 spiro atoms. The molecule has 2 N–H and O–H groups in total. The number of pyridine rings is 1. The lowest BCUT2D eigenvalue weighted by Gasteiger charge is -2.36. The van der Waals surface area contributed by atoms with E-state index in [0.29, 0.717) is 26.2 Å². The summed E-state index contributed by atoms with van der Waals surface area (Å²) in [7, 11) is -3.71. The summed E-state index contributed by atoms with van der Waals surface area (Å²) in [6.45, 7) is 3.14. The van der Waals surface area contributed by atoms with Crippen LogP contribution in [-0.2, 0) is 14.8 Å². The Bertz CT molecular complexity index is 1050. The molecule has 0 aliphatic carbocycles. The van der Waals surface area contributed by atoms with Crippen molar-refractivity contribution in [1.29, 1.82) is 0 Å². The van der Waals surface area contributed by atoms with Gasteiger partial charge in [0.25, 0.3) is 5.91 Å². The van der Waals surface area contributed by atoms with Crippen molar-refractivity contribution in [2.24, 2.45) is 0 Å². The lowest BCUT2D eigenvalue weighted by Crippen LogP contribution is -2.55. The van der Waals surface area contributed by atoms with Crippen molar-refractivity contribution in [1.82, 2.24) is 19.9 Å². The number of piperazine rings is 1. The van der Waals surface area contributed by atoms with Crippen molar-refractivity contribution < 1.29 is 18.0 Å². The highest BCUT2D eigenvalue weighted by Crippen LogP contribution is 2.24. The van der Waals surface area contributed by atoms with Gasteiger partial charge in [-0.05, 0) is 36.2 Å². The summed E-state index contributed by atoms with van der Waals surface area (Å²) < 4.78 is 27.0. The van der Waals surface area contributed by atoms with E-state index in [-0.39, 0.29) is 0 Å². The fourth-order valence-corrected chi connectivity index (χ4v) is 5.60. The number of carbonyl (C=O) groups is 2. The second-order valence-electron chi connectivity index (χ2n) is 7.67. The standard InChI is InChI=1S/C20H23N5O4S/c1-20(18(26)22-19(27)23-20)14-30(28,29)25-11-9-24(10-12-25)17-6-4-15(5-7-17)16-3-2-8-21-13-16/h2-8,13H,9-12,14H2,1H3,(H2,22,23,26,27)/t20-/m1/s1. The summed E-state index contributed by atoms with van der Waals surface area (Å²) in [4.78, 5) is 29.6. The summed E-state index contributed by atoms with van der Waals surface area (Å²) in [6.07, 6.45) is 3.55. The number of hydrogen-bond acceptors (Lipinski definition) is 6. The zero-order valence-corrected chi connectivity index (χ0v) is 17.4. The van der Waals surface area contributed by atoms with Gasteiger partial charge in [-0.15, -0.1) is 0 Å². The Balaban J connectivity index is 1.39. The molecule has 0 radical (unpaired) electrons. The molecule has 0 bridgehead atoms. The maximum atomic E-state index is 12.8. The van der Waals surface area contributed by atoms with Crippen LogP contribution in [0.1, 0.15) is 6.92 Å². The smallest absolute Gasteiger partial charge is 0.322 e. The average molecular weight is 430 g/mol. The number of carbonyl (C=O) groups excluding carboxylic acids is 2. The molecule has 2 saturated heterocycles. The molecule has 2 fully saturated rings. The zero-order valence-electron chi connectivity index (χ0n) is 16.5. The molecule has 4 rings (SSSR count). The molecular formula is C20H23N5O4S. The first-order chi connectivity index (χ1) is 14.3. The first-order valence-corrected chi connectivity index (χ1v) is 11.2. The Kier molecular flexibility index (Phi) is 5.20. The molecule has 30 heavy (non-hydrogen) atoms. The van der Waals surface area contributed by atoms with Gasteiger partial charge in [-0.25, -0.2) is 13.2 Å². The highest BCUT2D eigenvalue weighted by molar-refractivity contribution is 7.89. The number of nitrogens with zero attached hydrogens (tertiary/aromatic N) is 3. The molecule has 10 heteroatoms. The maximum Gasteiger partial charge on any atom is 0.322 e. The summed E-state index contributed by atoms with van der Waals surface area (Å²) in [5, 5.41) is 4.50. The molecule has 3 amide bonds. The summed E-state index contributed by atoms with van der Waals surface area (Å²) in [5.41, 5.74) is 1.68. The Morgan fingerprint density at radius 3 is 2.30 bits per heavy atom. The first-order valence-electron chi connectivity index (χ1n) is 9.64. The third kappa shape index (κ3) is 4.01. The average Bonchev–Trinajstić information content (AvgIpc) is 2.99. The van der Waals surface area contributed by atoms with Gasteiger partial charge < -0.3 is 10.2 Å². The van der Waals surface area contributed by atoms with Crippen LogP contribution in [0.2, 0.25) is 0 Å². The summed E-state index contributed by atoms with van der Waals surface area (Å²) in [5.74, 6) is -1.08. The van der Waals surface area contributed by atoms with E-state index in [0.717, 1.165) is 16.8 Å². The Morgan fingerprint density at radius 2 is 1.73 bits per heavy atom. The van der Waals surface area contributed by atoms with E-state index in [2.05, 4.69) is 20.5 Å². The minimum Gasteiger partial charge on any atom is -0.369 e. The number of aromatic nitrogens is 1. The van der Waals surface area contributed by atoms with Crippen LogP contribution in [0.3, 0.4) is 0 Å². The monoisotopic (exact) mass is 429 g/mol. The highest BCUT2D eigenvalue weighted by atomic mass is 32.2. The van der Waals surface area contributed by atoms with Crippen LogP contribution >= 0.6 is 0 Å². The molecule has 2 aliphatic heterocycles. The van der Waals surface area contributed by atoms with Crippen molar-refractivity contribution in [3.8, 4) is 11.1 Å². The number of nitrogens with one attached hydrogen (secondary N) is 2. The predicted octanol–water partition coefficient (Wildman–Crippen LogP) is 0.798. The molecule has 1 aromatic carbocycles. The van der Waals surface area contributed by atoms with E-state index in [4.69, 9.17) is 0 Å².